The third-order valence-electron chi connectivity index (χ3n) is 6.11. The van der Waals surface area contributed by atoms with Crippen LogP contribution >= 0.6 is 12.3 Å². The second-order valence-corrected chi connectivity index (χ2v) is 9.56. The third kappa shape index (κ3) is 4.30. The van der Waals surface area contributed by atoms with Gasteiger partial charge in [0.2, 0.25) is 12.3 Å². The fourth-order valence-electron chi connectivity index (χ4n) is 3.58. The zero-order chi connectivity index (χ0) is 24.0. The summed E-state index contributed by atoms with van der Waals surface area (Å²) in [7, 11) is 3.12. The maximum atomic E-state index is 6.28. The summed E-state index contributed by atoms with van der Waals surface area (Å²) in [4.78, 5) is 14.2. The molecule has 176 valence electrons. The van der Waals surface area contributed by atoms with Crippen molar-refractivity contribution in [2.24, 2.45) is 7.05 Å². The Morgan fingerprint density at radius 2 is 1.85 bits per heavy atom. The van der Waals surface area contributed by atoms with Crippen LogP contribution in [0.3, 0.4) is 0 Å². The number of hydrogen-bond donors (Lipinski definition) is 1. The number of imidazole rings is 1. The van der Waals surface area contributed by atoms with E-state index in [2.05, 4.69) is 10.3 Å². The number of pyridine rings is 2. The van der Waals surface area contributed by atoms with E-state index in [-0.39, 0.29) is 0 Å². The fraction of sp³-hybridized carbons (Fsp3) is 0.500. The molecule has 1 aliphatic heterocycles. The van der Waals surface area contributed by atoms with E-state index in [1.54, 1.807) is 0 Å². The van der Waals surface area contributed by atoms with Crippen LogP contribution in [0.15, 0.2) is 18.3 Å². The zero-order valence-electron chi connectivity index (χ0n) is 20.3. The van der Waals surface area contributed by atoms with Crippen molar-refractivity contribution in [3.8, 4) is 17.3 Å². The van der Waals surface area contributed by atoms with Crippen LogP contribution in [0.25, 0.3) is 22.7 Å². The van der Waals surface area contributed by atoms with Crippen LogP contribution in [0.5, 0.6) is 5.75 Å². The zero-order valence-corrected chi connectivity index (χ0v) is 21.2. The molecule has 0 aromatic carbocycles. The lowest BCUT2D eigenvalue weighted by Gasteiger charge is -2.32. The van der Waals surface area contributed by atoms with Crippen LogP contribution in [0.4, 0.5) is 5.82 Å². The van der Waals surface area contributed by atoms with Crippen molar-refractivity contribution in [2.75, 3.05) is 19.0 Å². The van der Waals surface area contributed by atoms with Crippen LogP contribution in [-0.2, 0) is 20.5 Å². The van der Waals surface area contributed by atoms with Crippen LogP contribution in [0.1, 0.15) is 40.2 Å². The number of hydrogen-bond acceptors (Lipinski definition) is 9. The first-order valence-electron chi connectivity index (χ1n) is 10.9. The topological polar surface area (TPSA) is 92.6 Å². The van der Waals surface area contributed by atoms with E-state index in [1.807, 2.05) is 78.5 Å². The van der Waals surface area contributed by atoms with Gasteiger partial charge in [0.05, 0.1) is 17.8 Å². The van der Waals surface area contributed by atoms with Crippen molar-refractivity contribution in [1.29, 1.82) is 0 Å². The minimum atomic E-state index is -0.608. The molecular weight excluding hydrogens is 441 g/mol. The van der Waals surface area contributed by atoms with E-state index in [0.717, 1.165) is 34.5 Å². The molecule has 4 rings (SSSR count). The van der Waals surface area contributed by atoms with Gasteiger partial charge in [0, 0.05) is 25.8 Å². The quantitative estimate of drug-likeness (QED) is 0.315. The summed E-state index contributed by atoms with van der Waals surface area (Å²) in [5.41, 5.74) is 2.92. The van der Waals surface area contributed by atoms with E-state index in [0.29, 0.717) is 29.7 Å². The Labute approximate surface area is 199 Å². The first kappa shape index (κ1) is 23.8. The summed E-state index contributed by atoms with van der Waals surface area (Å²) in [6.45, 7) is 12.5. The van der Waals surface area contributed by atoms with Crippen LogP contribution < -0.4 is 15.0 Å². The first-order valence-corrected chi connectivity index (χ1v) is 11.6. The molecule has 3 aromatic rings. The molecule has 0 saturated carbocycles. The van der Waals surface area contributed by atoms with Gasteiger partial charge in [-0.2, -0.15) is 0 Å². The fourth-order valence-corrected chi connectivity index (χ4v) is 3.93. The maximum absolute atomic E-state index is 6.28. The molecule has 0 bridgehead atoms. The Morgan fingerprint density at radius 1 is 1.15 bits per heavy atom. The molecule has 1 fully saturated rings. The van der Waals surface area contributed by atoms with Crippen molar-refractivity contribution < 1.29 is 17.7 Å². The highest BCUT2D eigenvalue weighted by atomic mass is 32.2. The predicted molar refractivity (Wildman–Crippen MR) is 132 cm³/mol. The van der Waals surface area contributed by atoms with Crippen LogP contribution in [0.2, 0.25) is 0 Å². The smallest absolute Gasteiger partial charge is 0.399 e. The summed E-state index contributed by atoms with van der Waals surface area (Å²) in [6, 6.07) is 3.87. The number of aryl methyl sites for hydroxylation is 2. The standard InChI is InChI=1S/C22H30BN5O4S/c1-9-29-33-30-16-11-14(23-31-21(3,4)22(5,6)32-23)18(24-7)27-17(16)20-26-15-10-13(2)12-25-19(15)28(20)8/h10-12H,9H2,1-8H3,(H,24,27). The average Bonchev–Trinajstić information content (AvgIpc) is 3.19. The van der Waals surface area contributed by atoms with Gasteiger partial charge in [0.1, 0.15) is 11.3 Å². The van der Waals surface area contributed by atoms with Gasteiger partial charge in [-0.15, -0.1) is 0 Å². The molecule has 0 aliphatic carbocycles. The summed E-state index contributed by atoms with van der Waals surface area (Å²) in [6.07, 6.45) is 1.82. The van der Waals surface area contributed by atoms with Gasteiger partial charge in [-0.1, -0.05) is 0 Å². The Bertz CT molecular complexity index is 1170. The van der Waals surface area contributed by atoms with E-state index >= 15 is 0 Å². The molecular formula is C22H30BN5O4S. The number of nitrogens with zero attached hydrogens (tertiary/aromatic N) is 4. The maximum Gasteiger partial charge on any atom is 0.498 e. The number of nitrogens with one attached hydrogen (secondary N) is 1. The Morgan fingerprint density at radius 3 is 2.48 bits per heavy atom. The van der Waals surface area contributed by atoms with E-state index < -0.39 is 18.3 Å². The molecule has 0 amide bonds. The molecule has 0 spiro atoms. The van der Waals surface area contributed by atoms with E-state index in [9.17, 15) is 0 Å². The van der Waals surface area contributed by atoms with Crippen molar-refractivity contribution >= 4 is 41.9 Å². The second-order valence-electron chi connectivity index (χ2n) is 9.02. The number of rotatable bonds is 7. The first-order chi connectivity index (χ1) is 15.6. The van der Waals surface area contributed by atoms with Gasteiger partial charge in [-0.05, 0) is 59.2 Å². The molecule has 1 aliphatic rings. The third-order valence-corrected chi connectivity index (χ3v) is 6.69. The van der Waals surface area contributed by atoms with Crippen LogP contribution in [-0.4, -0.2) is 51.5 Å². The van der Waals surface area contributed by atoms with Crippen molar-refractivity contribution in [3.05, 3.63) is 23.9 Å². The Kier molecular flexibility index (Phi) is 6.34. The highest BCUT2D eigenvalue weighted by molar-refractivity contribution is 7.90. The van der Waals surface area contributed by atoms with Gasteiger partial charge in [0.25, 0.3) is 0 Å². The van der Waals surface area contributed by atoms with Crippen molar-refractivity contribution in [3.63, 3.8) is 0 Å². The Balaban J connectivity index is 1.85. The molecule has 4 heterocycles. The molecule has 1 N–H and O–H groups in total. The van der Waals surface area contributed by atoms with Crippen LogP contribution in [0, 0.1) is 6.92 Å². The molecule has 0 radical (unpaired) electrons. The van der Waals surface area contributed by atoms with Crippen molar-refractivity contribution in [2.45, 2.75) is 52.7 Å². The summed E-state index contributed by atoms with van der Waals surface area (Å²) in [5.74, 6) is 1.74. The molecule has 1 saturated heterocycles. The second kappa shape index (κ2) is 8.79. The minimum absolute atomic E-state index is 0.483. The van der Waals surface area contributed by atoms with E-state index in [1.165, 1.54) is 0 Å². The summed E-state index contributed by atoms with van der Waals surface area (Å²) >= 11 is 0.900. The van der Waals surface area contributed by atoms with Crippen molar-refractivity contribution in [1.82, 2.24) is 19.5 Å². The molecule has 33 heavy (non-hydrogen) atoms. The predicted octanol–water partition coefficient (Wildman–Crippen LogP) is 3.66. The van der Waals surface area contributed by atoms with E-state index in [4.69, 9.17) is 27.6 Å². The number of fused-ring (bicyclic) bond motifs is 1. The number of aromatic nitrogens is 4. The molecule has 0 unspecified atom stereocenters. The number of anilines is 1. The summed E-state index contributed by atoms with van der Waals surface area (Å²) < 4.78 is 25.8. The minimum Gasteiger partial charge on any atom is -0.399 e. The molecule has 11 heteroatoms. The van der Waals surface area contributed by atoms with Gasteiger partial charge >= 0.3 is 7.12 Å². The lowest BCUT2D eigenvalue weighted by Crippen LogP contribution is -2.41. The largest absolute Gasteiger partial charge is 0.498 e. The normalized spacial score (nSPS) is 17.0. The SMILES string of the molecule is CCOSOc1cc(B2OC(C)(C)C(C)(C)O2)c(NC)nc1-c1nc2cc(C)cnc2n1C. The van der Waals surface area contributed by atoms with Gasteiger partial charge in [0.15, 0.2) is 22.9 Å². The van der Waals surface area contributed by atoms with Gasteiger partial charge < -0.3 is 23.4 Å². The van der Waals surface area contributed by atoms with Gasteiger partial charge in [-0.25, -0.2) is 15.0 Å². The Hall–Kier alpha value is -2.34. The van der Waals surface area contributed by atoms with Gasteiger partial charge in [-0.3, -0.25) is 4.18 Å². The molecule has 0 atom stereocenters. The lowest BCUT2D eigenvalue weighted by atomic mass is 9.79. The molecule has 3 aromatic heterocycles. The molecule has 9 nitrogen and oxygen atoms in total. The highest BCUT2D eigenvalue weighted by Gasteiger charge is 2.52. The average molecular weight is 471 g/mol. The monoisotopic (exact) mass is 471 g/mol. The highest BCUT2D eigenvalue weighted by Crippen LogP contribution is 2.38. The summed E-state index contributed by atoms with van der Waals surface area (Å²) in [5, 5.41) is 3.18. The lowest BCUT2D eigenvalue weighted by molar-refractivity contribution is 0.00578.